The second-order valence-electron chi connectivity index (χ2n) is 2.83. The van der Waals surface area contributed by atoms with Crippen LogP contribution in [0.5, 0.6) is 0 Å². The summed E-state index contributed by atoms with van der Waals surface area (Å²) >= 11 is 0. The van der Waals surface area contributed by atoms with Crippen LogP contribution >= 0.6 is 0 Å². The van der Waals surface area contributed by atoms with Crippen LogP contribution in [0.15, 0.2) is 36.7 Å². The molecule has 0 aliphatic heterocycles. The molecule has 0 aliphatic rings. The summed E-state index contributed by atoms with van der Waals surface area (Å²) in [4.78, 5) is 12.3. The average Bonchev–Trinajstić information content (AvgIpc) is 2.19. The van der Waals surface area contributed by atoms with Gasteiger partial charge in [0.05, 0.1) is 0 Å². The van der Waals surface area contributed by atoms with Crippen molar-refractivity contribution in [3.8, 4) is 0 Å². The number of pyridine rings is 1. The van der Waals surface area contributed by atoms with Crippen molar-refractivity contribution < 1.29 is 0 Å². The zero-order valence-corrected chi connectivity index (χ0v) is 7.81. The Bertz CT molecular complexity index is 413. The van der Waals surface area contributed by atoms with Crippen molar-refractivity contribution in [1.29, 1.82) is 0 Å². The standard InChI is InChI=1S/C10H10N4/c1-8-11-7-5-10(13-8)14-9-4-2-3-6-12-9/h2-7H,1H3,(H,11,12,13,14). The van der Waals surface area contributed by atoms with Crippen molar-refractivity contribution >= 4 is 11.6 Å². The predicted octanol–water partition coefficient (Wildman–Crippen LogP) is 1.92. The molecule has 14 heavy (non-hydrogen) atoms. The summed E-state index contributed by atoms with van der Waals surface area (Å²) < 4.78 is 0. The van der Waals surface area contributed by atoms with E-state index >= 15 is 0 Å². The van der Waals surface area contributed by atoms with Gasteiger partial charge in [-0.05, 0) is 25.1 Å². The van der Waals surface area contributed by atoms with Crippen LogP contribution < -0.4 is 5.32 Å². The number of hydrogen-bond acceptors (Lipinski definition) is 4. The van der Waals surface area contributed by atoms with Crippen LogP contribution in [0.1, 0.15) is 5.82 Å². The molecule has 0 aromatic carbocycles. The van der Waals surface area contributed by atoms with Gasteiger partial charge in [0.2, 0.25) is 0 Å². The monoisotopic (exact) mass is 186 g/mol. The summed E-state index contributed by atoms with van der Waals surface area (Å²) in [5.74, 6) is 2.28. The number of anilines is 2. The molecule has 4 nitrogen and oxygen atoms in total. The fraction of sp³-hybridized carbons (Fsp3) is 0.100. The second-order valence-corrected chi connectivity index (χ2v) is 2.83. The minimum Gasteiger partial charge on any atom is -0.325 e. The number of aryl methyl sites for hydroxylation is 1. The van der Waals surface area contributed by atoms with Gasteiger partial charge in [0, 0.05) is 12.4 Å². The van der Waals surface area contributed by atoms with Gasteiger partial charge in [-0.25, -0.2) is 15.0 Å². The van der Waals surface area contributed by atoms with Crippen LogP contribution in [0.25, 0.3) is 0 Å². The number of aromatic nitrogens is 3. The molecule has 0 bridgehead atoms. The molecule has 0 saturated carbocycles. The van der Waals surface area contributed by atoms with Gasteiger partial charge in [0.25, 0.3) is 0 Å². The molecule has 2 aromatic heterocycles. The number of nitrogens with zero attached hydrogens (tertiary/aromatic N) is 3. The zero-order chi connectivity index (χ0) is 9.80. The highest BCUT2D eigenvalue weighted by molar-refractivity contribution is 5.50. The molecule has 0 fully saturated rings. The SMILES string of the molecule is Cc1nccc(Nc2ccccn2)n1. The smallest absolute Gasteiger partial charge is 0.135 e. The zero-order valence-electron chi connectivity index (χ0n) is 7.81. The normalized spacial score (nSPS) is 9.79. The molecule has 0 spiro atoms. The van der Waals surface area contributed by atoms with E-state index in [0.29, 0.717) is 0 Å². The van der Waals surface area contributed by atoms with Crippen molar-refractivity contribution in [2.45, 2.75) is 6.92 Å². The molecule has 0 unspecified atom stereocenters. The van der Waals surface area contributed by atoms with E-state index < -0.39 is 0 Å². The van der Waals surface area contributed by atoms with Gasteiger partial charge in [-0.15, -0.1) is 0 Å². The Morgan fingerprint density at radius 2 is 1.93 bits per heavy atom. The van der Waals surface area contributed by atoms with Crippen LogP contribution in [0.3, 0.4) is 0 Å². The molecule has 70 valence electrons. The first-order valence-corrected chi connectivity index (χ1v) is 4.32. The van der Waals surface area contributed by atoms with Crippen LogP contribution in [-0.4, -0.2) is 15.0 Å². The maximum Gasteiger partial charge on any atom is 0.135 e. The molecule has 2 rings (SSSR count). The summed E-state index contributed by atoms with van der Waals surface area (Å²) in [6.07, 6.45) is 3.45. The molecular formula is C10H10N4. The highest BCUT2D eigenvalue weighted by Gasteiger charge is 1.95. The van der Waals surface area contributed by atoms with Crippen molar-refractivity contribution in [1.82, 2.24) is 15.0 Å². The lowest BCUT2D eigenvalue weighted by atomic mass is 10.4. The fourth-order valence-electron chi connectivity index (χ4n) is 1.09. The first-order valence-electron chi connectivity index (χ1n) is 4.32. The van der Waals surface area contributed by atoms with Gasteiger partial charge in [0.1, 0.15) is 17.5 Å². The predicted molar refractivity (Wildman–Crippen MR) is 54.3 cm³/mol. The molecule has 0 atom stereocenters. The molecular weight excluding hydrogens is 176 g/mol. The van der Waals surface area contributed by atoms with Crippen molar-refractivity contribution in [2.75, 3.05) is 5.32 Å². The number of nitrogens with one attached hydrogen (secondary N) is 1. The highest BCUT2D eigenvalue weighted by Crippen LogP contribution is 2.09. The third-order valence-electron chi connectivity index (χ3n) is 1.70. The molecule has 0 saturated heterocycles. The molecule has 0 amide bonds. The van der Waals surface area contributed by atoms with Gasteiger partial charge in [-0.2, -0.15) is 0 Å². The third kappa shape index (κ3) is 2.04. The lowest BCUT2D eigenvalue weighted by Gasteiger charge is -2.03. The van der Waals surface area contributed by atoms with E-state index in [0.717, 1.165) is 17.5 Å². The molecule has 4 heteroatoms. The summed E-state index contributed by atoms with van der Waals surface area (Å²) in [6.45, 7) is 1.85. The van der Waals surface area contributed by atoms with Crippen molar-refractivity contribution in [3.63, 3.8) is 0 Å². The maximum atomic E-state index is 4.21. The first-order chi connectivity index (χ1) is 6.84. The fourth-order valence-corrected chi connectivity index (χ4v) is 1.09. The van der Waals surface area contributed by atoms with Gasteiger partial charge in [-0.1, -0.05) is 6.07 Å². The lowest BCUT2D eigenvalue weighted by molar-refractivity contribution is 1.05. The Kier molecular flexibility index (Phi) is 2.36. The summed E-state index contributed by atoms with van der Waals surface area (Å²) in [6, 6.07) is 7.49. The van der Waals surface area contributed by atoms with E-state index in [1.54, 1.807) is 12.4 Å². The van der Waals surface area contributed by atoms with E-state index in [2.05, 4.69) is 20.3 Å². The minimum atomic E-state index is 0.742. The maximum absolute atomic E-state index is 4.21. The summed E-state index contributed by atoms with van der Waals surface area (Å²) in [5, 5.41) is 3.08. The van der Waals surface area contributed by atoms with E-state index in [9.17, 15) is 0 Å². The van der Waals surface area contributed by atoms with Gasteiger partial charge in [-0.3, -0.25) is 0 Å². The largest absolute Gasteiger partial charge is 0.325 e. The van der Waals surface area contributed by atoms with Crippen LogP contribution in [0, 0.1) is 6.92 Å². The van der Waals surface area contributed by atoms with E-state index in [4.69, 9.17) is 0 Å². The van der Waals surface area contributed by atoms with E-state index in [1.807, 2.05) is 31.2 Å². The lowest BCUT2D eigenvalue weighted by Crippen LogP contribution is -1.97. The van der Waals surface area contributed by atoms with Crippen LogP contribution in [0.2, 0.25) is 0 Å². The first kappa shape index (κ1) is 8.62. The van der Waals surface area contributed by atoms with Gasteiger partial charge < -0.3 is 5.32 Å². The van der Waals surface area contributed by atoms with E-state index in [-0.39, 0.29) is 0 Å². The number of rotatable bonds is 2. The molecule has 2 aromatic rings. The van der Waals surface area contributed by atoms with Crippen molar-refractivity contribution in [3.05, 3.63) is 42.5 Å². The van der Waals surface area contributed by atoms with Crippen LogP contribution in [-0.2, 0) is 0 Å². The molecule has 1 N–H and O–H groups in total. The Morgan fingerprint density at radius 3 is 2.64 bits per heavy atom. The molecule has 2 heterocycles. The average molecular weight is 186 g/mol. The molecule has 0 radical (unpaired) electrons. The number of hydrogen-bond donors (Lipinski definition) is 1. The Morgan fingerprint density at radius 1 is 1.00 bits per heavy atom. The highest BCUT2D eigenvalue weighted by atomic mass is 15.1. The Balaban J connectivity index is 2.19. The molecule has 0 aliphatic carbocycles. The third-order valence-corrected chi connectivity index (χ3v) is 1.70. The minimum absolute atomic E-state index is 0.742. The Hall–Kier alpha value is -1.97. The van der Waals surface area contributed by atoms with Crippen LogP contribution in [0.4, 0.5) is 11.6 Å². The van der Waals surface area contributed by atoms with Gasteiger partial charge in [0.15, 0.2) is 0 Å². The van der Waals surface area contributed by atoms with Gasteiger partial charge >= 0.3 is 0 Å². The summed E-state index contributed by atoms with van der Waals surface area (Å²) in [7, 11) is 0. The quantitative estimate of drug-likeness (QED) is 0.778. The summed E-state index contributed by atoms with van der Waals surface area (Å²) in [5.41, 5.74) is 0. The Labute approximate surface area is 82.1 Å². The van der Waals surface area contributed by atoms with E-state index in [1.165, 1.54) is 0 Å². The second kappa shape index (κ2) is 3.83. The topological polar surface area (TPSA) is 50.7 Å². The van der Waals surface area contributed by atoms with Crippen molar-refractivity contribution in [2.24, 2.45) is 0 Å².